The molecule has 3 atom stereocenters. The fourth-order valence-corrected chi connectivity index (χ4v) is 4.86. The summed E-state index contributed by atoms with van der Waals surface area (Å²) in [5, 5.41) is 4.11. The molecule has 128 valence electrons. The molecule has 4 rings (SSSR count). The molecule has 1 N–H and O–H groups in total. The second-order valence-electron chi connectivity index (χ2n) is 6.90. The lowest BCUT2D eigenvalue weighted by atomic mass is 9.76. The zero-order chi connectivity index (χ0) is 17.4. The minimum Gasteiger partial charge on any atom is -0.296 e. The molecule has 2 heterocycles. The van der Waals surface area contributed by atoms with E-state index in [4.69, 9.17) is 23.2 Å². The molecule has 0 saturated carbocycles. The average molecular weight is 417 g/mol. The highest BCUT2D eigenvalue weighted by Gasteiger charge is 2.36. The lowest BCUT2D eigenvalue weighted by Crippen LogP contribution is -2.38. The van der Waals surface area contributed by atoms with Crippen LogP contribution >= 0.6 is 27.5 Å². The van der Waals surface area contributed by atoms with Crippen LogP contribution < -0.4 is 5.32 Å². The van der Waals surface area contributed by atoms with E-state index < -0.39 is 0 Å². The molecule has 25 heavy (non-hydrogen) atoms. The smallest absolute Gasteiger partial charge is 0.277 e. The number of benzene rings is 1. The number of fused-ring (bicyclic) bond motifs is 2. The van der Waals surface area contributed by atoms with E-state index in [0.717, 1.165) is 41.7 Å². The molecule has 3 nitrogen and oxygen atoms in total. The molecule has 1 aromatic carbocycles. The Morgan fingerprint density at radius 3 is 2.92 bits per heavy atom. The first-order valence-electron chi connectivity index (χ1n) is 8.68. The van der Waals surface area contributed by atoms with E-state index in [1.807, 2.05) is 12.3 Å². The molecule has 2 aliphatic rings. The lowest BCUT2D eigenvalue weighted by Gasteiger charge is -2.32. The topological polar surface area (TPSA) is 29.3 Å². The van der Waals surface area contributed by atoms with Crippen LogP contribution in [0.25, 0.3) is 4.85 Å². The summed E-state index contributed by atoms with van der Waals surface area (Å²) in [6, 6.07) is 8.48. The van der Waals surface area contributed by atoms with Crippen molar-refractivity contribution in [2.45, 2.75) is 37.8 Å². The second kappa shape index (κ2) is 7.07. The lowest BCUT2D eigenvalue weighted by molar-refractivity contribution is 0.303. The van der Waals surface area contributed by atoms with Crippen molar-refractivity contribution >= 4 is 27.5 Å². The number of aromatic nitrogens is 1. The Morgan fingerprint density at radius 1 is 1.24 bits per heavy atom. The summed E-state index contributed by atoms with van der Waals surface area (Å²) in [4.78, 5) is 8.58. The van der Waals surface area contributed by atoms with Crippen LogP contribution in [0, 0.1) is 12.5 Å². The molecule has 1 fully saturated rings. The van der Waals surface area contributed by atoms with Crippen LogP contribution in [-0.2, 0) is 12.8 Å². The molecule has 3 unspecified atom stereocenters. The highest BCUT2D eigenvalue weighted by atomic mass is 79.9. The standard InChI is InChI=1S/C20H19BrClN3/c1-23-18-10-13(6-7-24-18)19-17-5-4-16(22)9-12(17)2-3-14-8-15(21)11-25-20(14)19/h4-5,8-9,11,13,18-19,24H,2-3,6-7,10H2. The SMILES string of the molecule is [C-]#[N+]C1CC(C2c3ccc(Cl)cc3CCc3cc(Br)cnc32)CCN1. The maximum Gasteiger partial charge on any atom is 0.277 e. The number of nitrogens with one attached hydrogen (secondary N) is 1. The van der Waals surface area contributed by atoms with E-state index >= 15 is 0 Å². The number of rotatable bonds is 1. The van der Waals surface area contributed by atoms with Gasteiger partial charge < -0.3 is 0 Å². The van der Waals surface area contributed by atoms with E-state index in [2.05, 4.69) is 44.3 Å². The van der Waals surface area contributed by atoms with Gasteiger partial charge >= 0.3 is 0 Å². The number of piperidine rings is 1. The molecule has 0 amide bonds. The molecule has 0 spiro atoms. The quantitative estimate of drug-likeness (QED) is 0.665. The van der Waals surface area contributed by atoms with Crippen molar-refractivity contribution in [3.8, 4) is 0 Å². The predicted molar refractivity (Wildman–Crippen MR) is 104 cm³/mol. The maximum absolute atomic E-state index is 7.41. The highest BCUT2D eigenvalue weighted by molar-refractivity contribution is 9.10. The number of hydrogen-bond donors (Lipinski definition) is 1. The molecule has 1 saturated heterocycles. The molecule has 2 aromatic rings. The molecule has 0 bridgehead atoms. The first-order chi connectivity index (χ1) is 12.2. The van der Waals surface area contributed by atoms with Crippen molar-refractivity contribution in [2.75, 3.05) is 6.54 Å². The third-order valence-corrected chi connectivity index (χ3v) is 6.08. The normalized spacial score (nSPS) is 25.4. The fourth-order valence-electron chi connectivity index (χ4n) is 4.28. The Balaban J connectivity index is 1.84. The Hall–Kier alpha value is -1.41. The van der Waals surface area contributed by atoms with Gasteiger partial charge in [-0.2, -0.15) is 0 Å². The molecular weight excluding hydrogens is 398 g/mol. The Labute approximate surface area is 161 Å². The van der Waals surface area contributed by atoms with Crippen LogP contribution in [0.5, 0.6) is 0 Å². The van der Waals surface area contributed by atoms with E-state index in [9.17, 15) is 0 Å². The number of hydrogen-bond acceptors (Lipinski definition) is 2. The van der Waals surface area contributed by atoms with Crippen LogP contribution in [0.15, 0.2) is 34.9 Å². The van der Waals surface area contributed by atoms with Gasteiger partial charge in [-0.1, -0.05) is 17.7 Å². The molecular formula is C20H19BrClN3. The van der Waals surface area contributed by atoms with Crippen LogP contribution in [-0.4, -0.2) is 17.7 Å². The predicted octanol–water partition coefficient (Wildman–Crippen LogP) is 4.97. The van der Waals surface area contributed by atoms with Gasteiger partial charge in [-0.25, -0.2) is 11.9 Å². The van der Waals surface area contributed by atoms with Crippen molar-refractivity contribution in [3.63, 3.8) is 0 Å². The largest absolute Gasteiger partial charge is 0.296 e. The minimum atomic E-state index is -0.0864. The monoisotopic (exact) mass is 415 g/mol. The molecule has 0 radical (unpaired) electrons. The van der Waals surface area contributed by atoms with Crippen LogP contribution in [0.1, 0.15) is 41.1 Å². The van der Waals surface area contributed by atoms with Gasteiger partial charge in [-0.15, -0.1) is 0 Å². The second-order valence-corrected chi connectivity index (χ2v) is 8.25. The third-order valence-electron chi connectivity index (χ3n) is 5.41. The first kappa shape index (κ1) is 17.0. The van der Waals surface area contributed by atoms with Gasteiger partial charge in [0.15, 0.2) is 0 Å². The summed E-state index contributed by atoms with van der Waals surface area (Å²) >= 11 is 9.84. The van der Waals surface area contributed by atoms with Gasteiger partial charge in [0.25, 0.3) is 6.17 Å². The summed E-state index contributed by atoms with van der Waals surface area (Å²) in [6.07, 6.45) is 5.71. The van der Waals surface area contributed by atoms with Gasteiger partial charge in [-0.3, -0.25) is 9.83 Å². The van der Waals surface area contributed by atoms with E-state index in [0.29, 0.717) is 5.92 Å². The number of nitrogens with zero attached hydrogens (tertiary/aromatic N) is 2. The minimum absolute atomic E-state index is 0.0864. The Kier molecular flexibility index (Phi) is 4.82. The van der Waals surface area contributed by atoms with E-state index in [-0.39, 0.29) is 12.1 Å². The van der Waals surface area contributed by atoms with Gasteiger partial charge in [0.1, 0.15) is 0 Å². The van der Waals surface area contributed by atoms with Gasteiger partial charge in [0, 0.05) is 34.6 Å². The van der Waals surface area contributed by atoms with Gasteiger partial charge in [0.05, 0.1) is 5.69 Å². The van der Waals surface area contributed by atoms with Crippen molar-refractivity contribution in [1.29, 1.82) is 0 Å². The molecule has 5 heteroatoms. The van der Waals surface area contributed by atoms with Crippen molar-refractivity contribution < 1.29 is 0 Å². The zero-order valence-electron chi connectivity index (χ0n) is 13.8. The number of aryl methyl sites for hydroxylation is 2. The summed E-state index contributed by atoms with van der Waals surface area (Å²) < 4.78 is 1.03. The average Bonchev–Trinajstić information content (AvgIpc) is 2.78. The van der Waals surface area contributed by atoms with E-state index in [1.165, 1.54) is 22.4 Å². The van der Waals surface area contributed by atoms with E-state index in [1.54, 1.807) is 0 Å². The van der Waals surface area contributed by atoms with Crippen LogP contribution in [0.3, 0.4) is 0 Å². The highest BCUT2D eigenvalue weighted by Crippen LogP contribution is 2.43. The molecule has 1 aliphatic carbocycles. The molecule has 1 aromatic heterocycles. The maximum atomic E-state index is 7.41. The zero-order valence-corrected chi connectivity index (χ0v) is 16.1. The van der Waals surface area contributed by atoms with Crippen molar-refractivity contribution in [3.05, 3.63) is 73.8 Å². The third kappa shape index (κ3) is 3.33. The summed E-state index contributed by atoms with van der Waals surface area (Å²) in [6.45, 7) is 8.31. The summed E-state index contributed by atoms with van der Waals surface area (Å²) in [7, 11) is 0. The number of pyridine rings is 1. The first-order valence-corrected chi connectivity index (χ1v) is 9.85. The van der Waals surface area contributed by atoms with Crippen molar-refractivity contribution in [2.24, 2.45) is 5.92 Å². The number of halogens is 2. The fraction of sp³-hybridized carbons (Fsp3) is 0.400. The summed E-state index contributed by atoms with van der Waals surface area (Å²) in [5.74, 6) is 0.662. The van der Waals surface area contributed by atoms with Crippen LogP contribution in [0.4, 0.5) is 0 Å². The van der Waals surface area contributed by atoms with Crippen LogP contribution in [0.2, 0.25) is 5.02 Å². The molecule has 1 aliphatic heterocycles. The van der Waals surface area contributed by atoms with Gasteiger partial charge in [-0.05, 0) is 76.0 Å². The van der Waals surface area contributed by atoms with Crippen molar-refractivity contribution in [1.82, 2.24) is 10.3 Å². The Bertz CT molecular complexity index is 792. The summed E-state index contributed by atoms with van der Waals surface area (Å²) in [5.41, 5.74) is 5.16. The Morgan fingerprint density at radius 2 is 2.08 bits per heavy atom. The van der Waals surface area contributed by atoms with Gasteiger partial charge in [0.2, 0.25) is 0 Å².